The molecule has 2 atom stereocenters. The molecule has 0 N–H and O–H groups in total. The molecule has 0 aromatic heterocycles. The fourth-order valence-corrected chi connectivity index (χ4v) is 7.47. The normalized spacial score (nSPS) is 18.0. The lowest BCUT2D eigenvalue weighted by molar-refractivity contribution is 0.228. The van der Waals surface area contributed by atoms with E-state index in [4.69, 9.17) is 4.52 Å². The summed E-state index contributed by atoms with van der Waals surface area (Å²) in [5, 5.41) is 3.97. The molecule has 0 spiro atoms. The van der Waals surface area contributed by atoms with E-state index < -0.39 is 8.15 Å². The number of thioether (sulfide) groups is 1. The van der Waals surface area contributed by atoms with E-state index in [0.717, 1.165) is 5.25 Å². The zero-order valence-corrected chi connectivity index (χ0v) is 18.6. The Morgan fingerprint density at radius 3 is 1.81 bits per heavy atom. The van der Waals surface area contributed by atoms with Crippen molar-refractivity contribution >= 4 is 30.5 Å². The molecule has 0 aliphatic heterocycles. The monoisotopic (exact) mass is 400 g/mol. The third kappa shape index (κ3) is 6.08. The van der Waals surface area contributed by atoms with Crippen LogP contribution in [0.5, 0.6) is 0 Å². The number of rotatable bonds is 8. The van der Waals surface area contributed by atoms with E-state index in [0.29, 0.717) is 11.2 Å². The van der Waals surface area contributed by atoms with Gasteiger partial charge in [-0.05, 0) is 25.7 Å². The molecule has 0 saturated heterocycles. The molecule has 27 heavy (non-hydrogen) atoms. The second-order valence-electron chi connectivity index (χ2n) is 7.88. The Labute approximate surface area is 171 Å². The number of benzene rings is 2. The lowest BCUT2D eigenvalue weighted by atomic mass is 10.0. The minimum atomic E-state index is -0.784. The lowest BCUT2D eigenvalue weighted by Gasteiger charge is -2.34. The molecule has 3 rings (SSSR count). The molecule has 3 heteroatoms. The molecule has 0 heterocycles. The summed E-state index contributed by atoms with van der Waals surface area (Å²) in [7, 11) is -0.784. The highest BCUT2D eigenvalue weighted by atomic mass is 32.2. The molecule has 0 amide bonds. The molecule has 2 aromatic carbocycles. The van der Waals surface area contributed by atoms with Crippen molar-refractivity contribution in [1.82, 2.24) is 0 Å². The Morgan fingerprint density at radius 2 is 1.33 bits per heavy atom. The van der Waals surface area contributed by atoms with Crippen LogP contribution in [0.15, 0.2) is 60.7 Å². The van der Waals surface area contributed by atoms with Crippen LogP contribution in [-0.2, 0) is 4.52 Å². The molecule has 2 aromatic rings. The van der Waals surface area contributed by atoms with E-state index in [-0.39, 0.29) is 6.10 Å². The fraction of sp³-hybridized carbons (Fsp3) is 0.500. The fourth-order valence-electron chi connectivity index (χ4n) is 3.86. The van der Waals surface area contributed by atoms with Crippen molar-refractivity contribution in [3.8, 4) is 0 Å². The highest BCUT2D eigenvalue weighted by Crippen LogP contribution is 2.42. The zero-order chi connectivity index (χ0) is 19.1. The van der Waals surface area contributed by atoms with Crippen LogP contribution in [0.3, 0.4) is 0 Å². The standard InChI is InChI=1S/C24H33OPS/c1-19(2)24(27-23-17-11-6-12-18-23)20(3)25-26(21-13-7-4-8-14-21)22-15-9-5-10-16-22/h4-5,7-10,13-16,19-20,23-24H,6,11-12,17-18H2,1-3H3/t20-,24+/m0/s1. The maximum absolute atomic E-state index is 6.83. The van der Waals surface area contributed by atoms with Gasteiger partial charge in [0.2, 0.25) is 0 Å². The van der Waals surface area contributed by atoms with Crippen molar-refractivity contribution in [2.45, 2.75) is 69.5 Å². The molecule has 146 valence electrons. The molecule has 0 bridgehead atoms. The largest absolute Gasteiger partial charge is 0.346 e. The van der Waals surface area contributed by atoms with Crippen LogP contribution in [0.25, 0.3) is 0 Å². The van der Waals surface area contributed by atoms with Gasteiger partial charge in [-0.15, -0.1) is 0 Å². The zero-order valence-electron chi connectivity index (χ0n) is 16.9. The summed E-state index contributed by atoms with van der Waals surface area (Å²) in [6.07, 6.45) is 7.22. The first-order valence-corrected chi connectivity index (χ1v) is 12.6. The quantitative estimate of drug-likeness (QED) is 0.466. The van der Waals surface area contributed by atoms with Crippen LogP contribution in [0, 0.1) is 5.92 Å². The third-order valence-electron chi connectivity index (χ3n) is 5.27. The van der Waals surface area contributed by atoms with Crippen LogP contribution >= 0.6 is 19.9 Å². The van der Waals surface area contributed by atoms with Crippen LogP contribution in [0.2, 0.25) is 0 Å². The van der Waals surface area contributed by atoms with E-state index in [2.05, 4.69) is 93.2 Å². The maximum atomic E-state index is 6.83. The molecule has 1 aliphatic rings. The van der Waals surface area contributed by atoms with E-state index in [9.17, 15) is 0 Å². The predicted octanol–water partition coefficient (Wildman–Crippen LogP) is 6.53. The summed E-state index contributed by atoms with van der Waals surface area (Å²) in [6.45, 7) is 7.00. The maximum Gasteiger partial charge on any atom is 0.0922 e. The predicted molar refractivity (Wildman–Crippen MR) is 123 cm³/mol. The van der Waals surface area contributed by atoms with Gasteiger partial charge < -0.3 is 4.52 Å². The van der Waals surface area contributed by atoms with Crippen molar-refractivity contribution in [1.29, 1.82) is 0 Å². The van der Waals surface area contributed by atoms with Gasteiger partial charge in [0.15, 0.2) is 0 Å². The molecule has 1 nitrogen and oxygen atoms in total. The highest BCUT2D eigenvalue weighted by molar-refractivity contribution is 8.00. The minimum Gasteiger partial charge on any atom is -0.346 e. The highest BCUT2D eigenvalue weighted by Gasteiger charge is 2.29. The van der Waals surface area contributed by atoms with Crippen LogP contribution in [0.1, 0.15) is 52.9 Å². The van der Waals surface area contributed by atoms with E-state index in [1.165, 1.54) is 42.7 Å². The molecular weight excluding hydrogens is 367 g/mol. The van der Waals surface area contributed by atoms with Gasteiger partial charge in [0, 0.05) is 21.1 Å². The Bertz CT molecular complexity index is 615. The van der Waals surface area contributed by atoms with Gasteiger partial charge in [-0.3, -0.25) is 0 Å². The summed E-state index contributed by atoms with van der Waals surface area (Å²) in [4.78, 5) is 0. The second kappa shape index (κ2) is 10.6. The Hall–Kier alpha value is -0.820. The molecule has 1 aliphatic carbocycles. The van der Waals surface area contributed by atoms with Crippen molar-refractivity contribution in [3.63, 3.8) is 0 Å². The van der Waals surface area contributed by atoms with Gasteiger partial charge in [-0.2, -0.15) is 11.8 Å². The minimum absolute atomic E-state index is 0.239. The van der Waals surface area contributed by atoms with Gasteiger partial charge in [-0.1, -0.05) is 93.8 Å². The summed E-state index contributed by atoms with van der Waals surface area (Å²) in [5.74, 6) is 0.621. The van der Waals surface area contributed by atoms with Crippen molar-refractivity contribution in [3.05, 3.63) is 60.7 Å². The average molecular weight is 401 g/mol. The van der Waals surface area contributed by atoms with Gasteiger partial charge in [0.05, 0.1) is 14.3 Å². The van der Waals surface area contributed by atoms with Gasteiger partial charge in [0.25, 0.3) is 0 Å². The Kier molecular flexibility index (Phi) is 8.24. The second-order valence-corrected chi connectivity index (χ2v) is 11.2. The smallest absolute Gasteiger partial charge is 0.0922 e. The van der Waals surface area contributed by atoms with E-state index >= 15 is 0 Å². The summed E-state index contributed by atoms with van der Waals surface area (Å²) in [6, 6.07) is 21.5. The summed E-state index contributed by atoms with van der Waals surface area (Å²) < 4.78 is 6.83. The first-order chi connectivity index (χ1) is 13.1. The van der Waals surface area contributed by atoms with Crippen molar-refractivity contribution in [2.24, 2.45) is 5.92 Å². The van der Waals surface area contributed by atoms with Crippen LogP contribution in [-0.4, -0.2) is 16.6 Å². The van der Waals surface area contributed by atoms with Crippen molar-refractivity contribution in [2.75, 3.05) is 0 Å². The van der Waals surface area contributed by atoms with E-state index in [1.807, 2.05) is 0 Å². The van der Waals surface area contributed by atoms with Gasteiger partial charge >= 0.3 is 0 Å². The molecular formula is C24H33OPS. The van der Waals surface area contributed by atoms with Crippen LogP contribution < -0.4 is 10.6 Å². The Morgan fingerprint density at radius 1 is 0.815 bits per heavy atom. The SMILES string of the molecule is CC(C)[C@@H](SC1CCCCC1)[C@H](C)OP(c1ccccc1)c1ccccc1. The lowest BCUT2D eigenvalue weighted by Crippen LogP contribution is -2.31. The van der Waals surface area contributed by atoms with E-state index in [1.54, 1.807) is 0 Å². The molecule has 1 saturated carbocycles. The topological polar surface area (TPSA) is 9.23 Å². The third-order valence-corrected chi connectivity index (χ3v) is 9.45. The van der Waals surface area contributed by atoms with Crippen molar-refractivity contribution < 1.29 is 4.52 Å². The number of hydrogen-bond donors (Lipinski definition) is 0. The summed E-state index contributed by atoms with van der Waals surface area (Å²) >= 11 is 2.20. The van der Waals surface area contributed by atoms with Crippen LogP contribution in [0.4, 0.5) is 0 Å². The molecule has 0 radical (unpaired) electrons. The van der Waals surface area contributed by atoms with Gasteiger partial charge in [0.1, 0.15) is 0 Å². The number of hydrogen-bond acceptors (Lipinski definition) is 2. The first-order valence-electron chi connectivity index (χ1n) is 10.4. The molecule has 1 fully saturated rings. The summed E-state index contributed by atoms with van der Waals surface area (Å²) in [5.41, 5.74) is 0. The van der Waals surface area contributed by atoms with Gasteiger partial charge in [-0.25, -0.2) is 0 Å². The molecule has 0 unspecified atom stereocenters. The Balaban J connectivity index is 1.76. The average Bonchev–Trinajstić information content (AvgIpc) is 2.72. The first kappa shape index (κ1) is 20.9.